The minimum Gasteiger partial charge on any atom is -0.343 e. The van der Waals surface area contributed by atoms with E-state index < -0.39 is 51.0 Å². The van der Waals surface area contributed by atoms with Gasteiger partial charge in [-0.2, -0.15) is 23.2 Å². The molecule has 0 unspecified atom stereocenters. The Labute approximate surface area is 163 Å². The number of anilines is 1. The van der Waals surface area contributed by atoms with Gasteiger partial charge < -0.3 is 9.88 Å². The molecule has 13 heteroatoms. The molecule has 0 radical (unpaired) electrons. The van der Waals surface area contributed by atoms with Gasteiger partial charge in [-0.05, 0) is 18.6 Å². The summed E-state index contributed by atoms with van der Waals surface area (Å²) in [7, 11) is -3.74. The highest BCUT2D eigenvalue weighted by molar-refractivity contribution is 7.89. The second kappa shape index (κ2) is 8.18. The molecule has 1 atom stereocenters. The normalized spacial score (nSPS) is 13.0. The van der Waals surface area contributed by atoms with Crippen LogP contribution < -0.4 is 10.0 Å². The zero-order valence-electron chi connectivity index (χ0n) is 15.1. The summed E-state index contributed by atoms with van der Waals surface area (Å²) >= 11 is 0. The second-order valence-electron chi connectivity index (χ2n) is 5.89. The Morgan fingerprint density at radius 3 is 2.62 bits per heavy atom. The number of alkyl halides is 3. The number of pyridine rings is 1. The third-order valence-corrected chi connectivity index (χ3v) is 5.28. The fraction of sp³-hybridized carbons (Fsp3) is 0.312. The first-order valence-corrected chi connectivity index (χ1v) is 9.50. The summed E-state index contributed by atoms with van der Waals surface area (Å²) < 4.78 is 80.0. The number of nitrogens with zero attached hydrogens (tertiary/aromatic N) is 3. The Hall–Kier alpha value is -2.98. The largest absolute Gasteiger partial charge is 0.404 e. The molecular weight excluding hydrogens is 418 g/mol. The van der Waals surface area contributed by atoms with E-state index in [9.17, 15) is 30.8 Å². The molecule has 0 aromatic carbocycles. The zero-order chi connectivity index (χ0) is 22.0. The number of aromatic nitrogens is 2. The van der Waals surface area contributed by atoms with Gasteiger partial charge in [-0.3, -0.25) is 4.79 Å². The van der Waals surface area contributed by atoms with Crippen LogP contribution in [0.2, 0.25) is 0 Å². The van der Waals surface area contributed by atoms with E-state index in [1.54, 1.807) is 6.07 Å². The Balaban J connectivity index is 2.36. The number of sulfonamides is 1. The highest BCUT2D eigenvalue weighted by Gasteiger charge is 2.42. The standard InChI is InChI=1S/C16H15F4N5O3S/c1-3-12(16(18,19)20)24-29(27,28)11-8-25(2)14(13(11)17)15(26)23-9-4-5-22-10(6-9)7-21/h4-6,8,12,24H,3H2,1-2H3,(H,22,23,26)/t12-/m1/s1. The van der Waals surface area contributed by atoms with Crippen LogP contribution in [0.25, 0.3) is 0 Å². The number of hydrogen-bond donors (Lipinski definition) is 2. The van der Waals surface area contributed by atoms with Gasteiger partial charge in [0, 0.05) is 25.1 Å². The smallest absolute Gasteiger partial charge is 0.343 e. The van der Waals surface area contributed by atoms with E-state index in [0.29, 0.717) is 6.20 Å². The van der Waals surface area contributed by atoms with Crippen molar-refractivity contribution >= 4 is 21.6 Å². The lowest BCUT2D eigenvalue weighted by Gasteiger charge is -2.19. The highest BCUT2D eigenvalue weighted by Crippen LogP contribution is 2.26. The van der Waals surface area contributed by atoms with Crippen LogP contribution in [-0.2, 0) is 17.1 Å². The number of aryl methyl sites for hydroxylation is 1. The molecule has 0 bridgehead atoms. The predicted molar refractivity (Wildman–Crippen MR) is 92.7 cm³/mol. The maximum absolute atomic E-state index is 14.7. The molecule has 1 amide bonds. The van der Waals surface area contributed by atoms with Crippen LogP contribution in [-0.4, -0.2) is 36.1 Å². The average molecular weight is 433 g/mol. The second-order valence-corrected chi connectivity index (χ2v) is 7.57. The first kappa shape index (κ1) is 22.3. The van der Waals surface area contributed by atoms with Crippen molar-refractivity contribution in [1.29, 1.82) is 5.26 Å². The molecule has 0 aliphatic heterocycles. The Bertz CT molecular complexity index is 1070. The molecule has 2 heterocycles. The van der Waals surface area contributed by atoms with Gasteiger partial charge in [-0.25, -0.2) is 17.8 Å². The predicted octanol–water partition coefficient (Wildman–Crippen LogP) is 2.30. The van der Waals surface area contributed by atoms with Crippen molar-refractivity contribution in [2.24, 2.45) is 7.05 Å². The van der Waals surface area contributed by atoms with Crippen LogP contribution in [0, 0.1) is 17.1 Å². The quantitative estimate of drug-likeness (QED) is 0.678. The molecule has 2 N–H and O–H groups in total. The lowest BCUT2D eigenvalue weighted by Crippen LogP contribution is -2.44. The van der Waals surface area contributed by atoms with E-state index >= 15 is 0 Å². The molecule has 0 saturated carbocycles. The van der Waals surface area contributed by atoms with Crippen molar-refractivity contribution in [3.63, 3.8) is 0 Å². The van der Waals surface area contributed by atoms with E-state index in [4.69, 9.17) is 5.26 Å². The van der Waals surface area contributed by atoms with Gasteiger partial charge >= 0.3 is 6.18 Å². The van der Waals surface area contributed by atoms with Gasteiger partial charge in [0.05, 0.1) is 0 Å². The van der Waals surface area contributed by atoms with Gasteiger partial charge in [0.15, 0.2) is 5.82 Å². The Morgan fingerprint density at radius 1 is 1.41 bits per heavy atom. The summed E-state index contributed by atoms with van der Waals surface area (Å²) in [6.45, 7) is 1.12. The molecule has 0 saturated heterocycles. The number of amides is 1. The summed E-state index contributed by atoms with van der Waals surface area (Å²) in [5.74, 6) is -2.58. The van der Waals surface area contributed by atoms with Crippen molar-refractivity contribution in [2.45, 2.75) is 30.5 Å². The fourth-order valence-electron chi connectivity index (χ4n) is 2.41. The lowest BCUT2D eigenvalue weighted by atomic mass is 10.2. The van der Waals surface area contributed by atoms with E-state index in [1.807, 2.05) is 0 Å². The number of carbonyl (C=O) groups excluding carboxylic acids is 1. The molecule has 29 heavy (non-hydrogen) atoms. The Kier molecular flexibility index (Phi) is 6.29. The molecule has 0 aliphatic rings. The van der Waals surface area contributed by atoms with E-state index in [1.165, 1.54) is 23.1 Å². The van der Waals surface area contributed by atoms with Crippen molar-refractivity contribution in [3.05, 3.63) is 41.7 Å². The van der Waals surface area contributed by atoms with Crippen molar-refractivity contribution < 1.29 is 30.8 Å². The molecule has 156 valence electrons. The summed E-state index contributed by atoms with van der Waals surface area (Å²) in [5, 5.41) is 11.1. The highest BCUT2D eigenvalue weighted by atomic mass is 32.2. The van der Waals surface area contributed by atoms with Gasteiger partial charge in [-0.15, -0.1) is 0 Å². The minimum absolute atomic E-state index is 0.0274. The monoisotopic (exact) mass is 433 g/mol. The molecule has 0 spiro atoms. The van der Waals surface area contributed by atoms with Crippen LogP contribution >= 0.6 is 0 Å². The van der Waals surface area contributed by atoms with Crippen LogP contribution in [0.5, 0.6) is 0 Å². The third-order valence-electron chi connectivity index (χ3n) is 3.83. The van der Waals surface area contributed by atoms with Gasteiger partial charge in [-0.1, -0.05) is 6.92 Å². The fourth-order valence-corrected chi connectivity index (χ4v) is 3.84. The van der Waals surface area contributed by atoms with E-state index in [0.717, 1.165) is 18.5 Å². The van der Waals surface area contributed by atoms with E-state index in [2.05, 4.69) is 10.3 Å². The lowest BCUT2D eigenvalue weighted by molar-refractivity contribution is -0.151. The molecule has 0 fully saturated rings. The first-order valence-electron chi connectivity index (χ1n) is 8.02. The number of carbonyl (C=O) groups is 1. The number of nitrogens with one attached hydrogen (secondary N) is 2. The third kappa shape index (κ3) is 4.90. The summed E-state index contributed by atoms with van der Waals surface area (Å²) in [4.78, 5) is 15.0. The average Bonchev–Trinajstić information content (AvgIpc) is 2.94. The number of nitriles is 1. The summed E-state index contributed by atoms with van der Waals surface area (Å²) in [5.41, 5.74) is -0.658. The van der Waals surface area contributed by atoms with Crippen molar-refractivity contribution in [1.82, 2.24) is 14.3 Å². The summed E-state index contributed by atoms with van der Waals surface area (Å²) in [6, 6.07) is 1.85. The van der Waals surface area contributed by atoms with E-state index in [-0.39, 0.29) is 11.4 Å². The van der Waals surface area contributed by atoms with Gasteiger partial charge in [0.25, 0.3) is 5.91 Å². The van der Waals surface area contributed by atoms with Crippen LogP contribution in [0.1, 0.15) is 29.5 Å². The van der Waals surface area contributed by atoms with Crippen LogP contribution in [0.4, 0.5) is 23.2 Å². The molecule has 8 nitrogen and oxygen atoms in total. The van der Waals surface area contributed by atoms with Crippen LogP contribution in [0.15, 0.2) is 29.4 Å². The maximum atomic E-state index is 14.7. The van der Waals surface area contributed by atoms with Crippen molar-refractivity contribution in [2.75, 3.05) is 5.32 Å². The zero-order valence-corrected chi connectivity index (χ0v) is 15.9. The van der Waals surface area contributed by atoms with Gasteiger partial charge in [0.2, 0.25) is 10.0 Å². The molecule has 2 aromatic rings. The molecular formula is C16H15F4N5O3S. The SMILES string of the molecule is CC[C@@H](NS(=O)(=O)c1cn(C)c(C(=O)Nc2ccnc(C#N)c2)c1F)C(F)(F)F. The molecule has 0 aliphatic carbocycles. The minimum atomic E-state index is -4.90. The van der Waals surface area contributed by atoms with Crippen LogP contribution in [0.3, 0.4) is 0 Å². The number of rotatable bonds is 6. The first-order chi connectivity index (χ1) is 13.4. The topological polar surface area (TPSA) is 117 Å². The number of halogens is 4. The number of hydrogen-bond acceptors (Lipinski definition) is 5. The molecule has 2 rings (SSSR count). The maximum Gasteiger partial charge on any atom is 0.404 e. The Morgan fingerprint density at radius 2 is 2.07 bits per heavy atom. The molecule has 2 aromatic heterocycles. The van der Waals surface area contributed by atoms with Gasteiger partial charge in [0.1, 0.15) is 28.4 Å². The van der Waals surface area contributed by atoms with Crippen molar-refractivity contribution in [3.8, 4) is 6.07 Å². The summed E-state index contributed by atoms with van der Waals surface area (Å²) in [6.07, 6.45) is -3.55.